The molecule has 2 amide bonds. The van der Waals surface area contributed by atoms with E-state index < -0.39 is 23.9 Å². The van der Waals surface area contributed by atoms with Crippen LogP contribution in [0.5, 0.6) is 0 Å². The van der Waals surface area contributed by atoms with E-state index in [9.17, 15) is 18.4 Å². The number of hydrogen-bond acceptors (Lipinski definition) is 5. The number of rotatable bonds is 5. The predicted molar refractivity (Wildman–Crippen MR) is 103 cm³/mol. The van der Waals surface area contributed by atoms with Gasteiger partial charge in [-0.3, -0.25) is 14.3 Å². The molecule has 0 saturated carbocycles. The van der Waals surface area contributed by atoms with E-state index >= 15 is 0 Å². The van der Waals surface area contributed by atoms with Crippen molar-refractivity contribution < 1.29 is 18.4 Å². The van der Waals surface area contributed by atoms with Crippen molar-refractivity contribution in [2.24, 2.45) is 5.73 Å². The van der Waals surface area contributed by atoms with Crippen LogP contribution in [0.15, 0.2) is 6.07 Å². The van der Waals surface area contributed by atoms with Crippen LogP contribution in [0.25, 0.3) is 10.2 Å². The molecule has 0 unspecified atom stereocenters. The van der Waals surface area contributed by atoms with Crippen LogP contribution < -0.4 is 11.1 Å². The molecule has 28 heavy (non-hydrogen) atoms. The third-order valence-electron chi connectivity index (χ3n) is 4.18. The number of hydrogen-bond donors (Lipinski definition) is 2. The van der Waals surface area contributed by atoms with Gasteiger partial charge < -0.3 is 11.1 Å². The summed E-state index contributed by atoms with van der Waals surface area (Å²) in [7, 11) is 0. The van der Waals surface area contributed by atoms with Crippen LogP contribution in [0.1, 0.15) is 38.7 Å². The fourth-order valence-electron chi connectivity index (χ4n) is 2.86. The molecule has 11 heteroatoms. The first-order valence-electron chi connectivity index (χ1n) is 8.11. The molecule has 3 N–H and O–H groups in total. The van der Waals surface area contributed by atoms with Gasteiger partial charge >= 0.3 is 0 Å². The van der Waals surface area contributed by atoms with Crippen LogP contribution >= 0.6 is 22.9 Å². The largest absolute Gasteiger partial charge is 0.365 e. The Morgan fingerprint density at radius 1 is 1.36 bits per heavy atom. The average molecular weight is 428 g/mol. The van der Waals surface area contributed by atoms with Gasteiger partial charge in [-0.05, 0) is 32.4 Å². The summed E-state index contributed by atoms with van der Waals surface area (Å²) >= 11 is 6.94. The number of halogens is 3. The molecule has 0 radical (unpaired) electrons. The van der Waals surface area contributed by atoms with Gasteiger partial charge in [0.2, 0.25) is 5.91 Å². The maximum atomic E-state index is 13.0. The number of primary amides is 1. The highest BCUT2D eigenvalue weighted by Crippen LogP contribution is 2.38. The minimum absolute atomic E-state index is 0.0387. The number of fused-ring (bicyclic) bond motifs is 1. The number of carbonyl (C=O) groups excluding carboxylic acids is 2. The fraction of sp³-hybridized carbons (Fsp3) is 0.294. The summed E-state index contributed by atoms with van der Waals surface area (Å²) in [6, 6.07) is 1.22. The lowest BCUT2D eigenvalue weighted by Gasteiger charge is -2.09. The van der Waals surface area contributed by atoms with Gasteiger partial charge in [0.05, 0.1) is 22.1 Å². The summed E-state index contributed by atoms with van der Waals surface area (Å²) in [6.07, 6.45) is -2.75. The third-order valence-corrected chi connectivity index (χ3v) is 5.82. The first kappa shape index (κ1) is 20.2. The van der Waals surface area contributed by atoms with Crippen LogP contribution in [0, 0.1) is 20.8 Å². The Hall–Kier alpha value is -2.59. The highest BCUT2D eigenvalue weighted by Gasteiger charge is 2.23. The van der Waals surface area contributed by atoms with Gasteiger partial charge in [0.15, 0.2) is 0 Å². The second-order valence-corrected chi connectivity index (χ2v) is 7.58. The van der Waals surface area contributed by atoms with Gasteiger partial charge in [-0.25, -0.2) is 13.8 Å². The molecule has 0 aliphatic heterocycles. The van der Waals surface area contributed by atoms with E-state index in [-0.39, 0.29) is 21.9 Å². The molecule has 148 valence electrons. The lowest BCUT2D eigenvalue weighted by atomic mass is 10.1. The number of nitrogens with one attached hydrogen (secondary N) is 1. The van der Waals surface area contributed by atoms with E-state index in [1.54, 1.807) is 20.8 Å². The highest BCUT2D eigenvalue weighted by atomic mass is 35.5. The molecule has 3 heterocycles. The molecule has 0 bridgehead atoms. The van der Waals surface area contributed by atoms with Crippen molar-refractivity contribution in [3.63, 3.8) is 0 Å². The number of nitrogens with zero attached hydrogens (tertiary/aromatic N) is 3. The monoisotopic (exact) mass is 427 g/mol. The first-order chi connectivity index (χ1) is 13.1. The lowest BCUT2D eigenvalue weighted by Crippen LogP contribution is -2.22. The Morgan fingerprint density at radius 2 is 2.04 bits per heavy atom. The van der Waals surface area contributed by atoms with E-state index in [1.165, 1.54) is 10.7 Å². The second kappa shape index (κ2) is 7.44. The molecule has 0 saturated heterocycles. The molecule has 3 aromatic heterocycles. The predicted octanol–water partition coefficient (Wildman–Crippen LogP) is 3.75. The summed E-state index contributed by atoms with van der Waals surface area (Å²) in [5, 5.41) is 7.70. The van der Waals surface area contributed by atoms with E-state index in [4.69, 9.17) is 17.3 Å². The first-order valence-corrected chi connectivity index (χ1v) is 9.31. The number of aromatic nitrogens is 3. The summed E-state index contributed by atoms with van der Waals surface area (Å²) in [5.41, 5.74) is 6.83. The average Bonchev–Trinajstić information content (AvgIpc) is 3.08. The standard InChI is InChI=1S/C17H16ClF2N5O2S/c1-6-4-9(15(19)20)22-17-11(6)13(14(28-17)16(21)27)23-10(26)5-25-8(3)12(18)7(2)24-25/h4,15H,5H2,1-3H3,(H2,21,27)(H,23,26). The fourth-order valence-corrected chi connectivity index (χ4v) is 4.06. The maximum absolute atomic E-state index is 13.0. The molecule has 0 atom stereocenters. The number of carbonyl (C=O) groups is 2. The second-order valence-electron chi connectivity index (χ2n) is 6.21. The number of thiophene rings is 1. The topological polar surface area (TPSA) is 103 Å². The minimum Gasteiger partial charge on any atom is -0.365 e. The van der Waals surface area contributed by atoms with Gasteiger partial charge in [-0.15, -0.1) is 11.3 Å². The molecule has 0 aliphatic carbocycles. The van der Waals surface area contributed by atoms with Gasteiger partial charge in [-0.1, -0.05) is 11.6 Å². The number of aryl methyl sites for hydroxylation is 2. The number of nitrogens with two attached hydrogens (primary N) is 1. The lowest BCUT2D eigenvalue weighted by molar-refractivity contribution is -0.116. The Labute approximate surface area is 167 Å². The summed E-state index contributed by atoms with van der Waals surface area (Å²) in [6.45, 7) is 4.90. The minimum atomic E-state index is -2.75. The van der Waals surface area contributed by atoms with Gasteiger partial charge in [0.1, 0.15) is 21.9 Å². The van der Waals surface area contributed by atoms with Crippen LogP contribution in [0.4, 0.5) is 14.5 Å². The van der Waals surface area contributed by atoms with E-state index in [0.29, 0.717) is 27.4 Å². The van der Waals surface area contributed by atoms with Crippen molar-refractivity contribution in [1.29, 1.82) is 0 Å². The molecular formula is C17H16ClF2N5O2S. The smallest absolute Gasteiger partial charge is 0.280 e. The molecule has 0 fully saturated rings. The quantitative estimate of drug-likeness (QED) is 0.647. The summed E-state index contributed by atoms with van der Waals surface area (Å²) in [4.78, 5) is 28.5. The van der Waals surface area contributed by atoms with Crippen LogP contribution in [0.2, 0.25) is 5.02 Å². The van der Waals surface area contributed by atoms with Crippen LogP contribution in [-0.4, -0.2) is 26.6 Å². The van der Waals surface area contributed by atoms with Crippen molar-refractivity contribution in [3.8, 4) is 0 Å². The Morgan fingerprint density at radius 3 is 2.57 bits per heavy atom. The van der Waals surface area contributed by atoms with Gasteiger partial charge in [0.25, 0.3) is 12.3 Å². The van der Waals surface area contributed by atoms with Crippen LogP contribution in [-0.2, 0) is 11.3 Å². The Kier molecular flexibility index (Phi) is 5.35. The third kappa shape index (κ3) is 3.57. The van der Waals surface area contributed by atoms with Crippen molar-refractivity contribution in [2.75, 3.05) is 5.32 Å². The van der Waals surface area contributed by atoms with Gasteiger partial charge in [0, 0.05) is 5.39 Å². The normalized spacial score (nSPS) is 11.4. The molecule has 3 rings (SSSR count). The Bertz CT molecular complexity index is 1110. The zero-order chi connectivity index (χ0) is 20.7. The SMILES string of the molecule is Cc1nn(CC(=O)Nc2c(C(N)=O)sc3nc(C(F)F)cc(C)c23)c(C)c1Cl. The van der Waals surface area contributed by atoms with Crippen molar-refractivity contribution >= 4 is 50.7 Å². The highest BCUT2D eigenvalue weighted by molar-refractivity contribution is 7.21. The molecule has 0 aromatic carbocycles. The van der Waals surface area contributed by atoms with Crippen molar-refractivity contribution in [2.45, 2.75) is 33.7 Å². The Balaban J connectivity index is 2.01. The zero-order valence-corrected chi connectivity index (χ0v) is 16.7. The van der Waals surface area contributed by atoms with E-state index in [0.717, 1.165) is 11.3 Å². The van der Waals surface area contributed by atoms with Crippen molar-refractivity contribution in [3.05, 3.63) is 38.6 Å². The van der Waals surface area contributed by atoms with Crippen LogP contribution in [0.3, 0.4) is 0 Å². The van der Waals surface area contributed by atoms with Crippen molar-refractivity contribution in [1.82, 2.24) is 14.8 Å². The zero-order valence-electron chi connectivity index (χ0n) is 15.1. The molecular weight excluding hydrogens is 412 g/mol. The van der Waals surface area contributed by atoms with Gasteiger partial charge in [-0.2, -0.15) is 5.10 Å². The number of amides is 2. The summed E-state index contributed by atoms with van der Waals surface area (Å²) in [5.74, 6) is -1.26. The maximum Gasteiger partial charge on any atom is 0.280 e. The number of pyridine rings is 1. The number of anilines is 1. The molecule has 0 aliphatic rings. The van der Waals surface area contributed by atoms with E-state index in [1.807, 2.05) is 0 Å². The molecule has 0 spiro atoms. The summed E-state index contributed by atoms with van der Waals surface area (Å²) < 4.78 is 27.5. The van der Waals surface area contributed by atoms with E-state index in [2.05, 4.69) is 15.4 Å². The molecule has 3 aromatic rings. The molecule has 7 nitrogen and oxygen atoms in total. The number of alkyl halides is 2.